The SMILES string of the molecule is COc1ccc(N2CCC(NC(=O)NCc3cccs3)CC2)cc1. The van der Waals surface area contributed by atoms with Crippen LogP contribution in [0.5, 0.6) is 5.75 Å². The minimum Gasteiger partial charge on any atom is -0.497 e. The van der Waals surface area contributed by atoms with Gasteiger partial charge in [0.2, 0.25) is 0 Å². The zero-order valence-corrected chi connectivity index (χ0v) is 14.6. The third-order valence-corrected chi connectivity index (χ3v) is 5.15. The molecule has 0 atom stereocenters. The quantitative estimate of drug-likeness (QED) is 0.875. The summed E-state index contributed by atoms with van der Waals surface area (Å²) in [5.41, 5.74) is 1.20. The van der Waals surface area contributed by atoms with Crippen molar-refractivity contribution in [2.45, 2.75) is 25.4 Å². The molecular formula is C18H23N3O2S. The molecule has 6 heteroatoms. The standard InChI is InChI=1S/C18H23N3O2S/c1-23-16-6-4-15(5-7-16)21-10-8-14(9-11-21)20-18(22)19-13-17-3-2-12-24-17/h2-7,12,14H,8-11,13H2,1H3,(H2,19,20,22). The Morgan fingerprint density at radius 2 is 2.00 bits per heavy atom. The summed E-state index contributed by atoms with van der Waals surface area (Å²) in [5, 5.41) is 8.02. The lowest BCUT2D eigenvalue weighted by Gasteiger charge is -2.34. The fraction of sp³-hybridized carbons (Fsp3) is 0.389. The lowest BCUT2D eigenvalue weighted by Crippen LogP contribution is -2.47. The Balaban J connectivity index is 1.42. The number of benzene rings is 1. The van der Waals surface area contributed by atoms with Crippen LogP contribution >= 0.6 is 11.3 Å². The van der Waals surface area contributed by atoms with Gasteiger partial charge in [0.1, 0.15) is 5.75 Å². The van der Waals surface area contributed by atoms with E-state index in [0.29, 0.717) is 6.54 Å². The number of amides is 2. The van der Waals surface area contributed by atoms with Crippen LogP contribution in [-0.2, 0) is 6.54 Å². The molecule has 0 saturated carbocycles. The summed E-state index contributed by atoms with van der Waals surface area (Å²) >= 11 is 1.65. The van der Waals surface area contributed by atoms with Gasteiger partial charge in [-0.3, -0.25) is 0 Å². The zero-order chi connectivity index (χ0) is 16.8. The second kappa shape index (κ2) is 8.06. The molecule has 0 unspecified atom stereocenters. The van der Waals surface area contributed by atoms with Gasteiger partial charge in [-0.2, -0.15) is 0 Å². The van der Waals surface area contributed by atoms with E-state index >= 15 is 0 Å². The lowest BCUT2D eigenvalue weighted by molar-refractivity contribution is 0.234. The van der Waals surface area contributed by atoms with Crippen molar-refractivity contribution in [2.75, 3.05) is 25.1 Å². The van der Waals surface area contributed by atoms with Crippen molar-refractivity contribution in [3.63, 3.8) is 0 Å². The van der Waals surface area contributed by atoms with E-state index in [1.807, 2.05) is 29.6 Å². The van der Waals surface area contributed by atoms with E-state index in [1.165, 1.54) is 10.6 Å². The molecule has 2 amide bonds. The Morgan fingerprint density at radius 3 is 2.62 bits per heavy atom. The van der Waals surface area contributed by atoms with E-state index in [2.05, 4.69) is 27.7 Å². The molecule has 128 valence electrons. The molecule has 1 saturated heterocycles. The topological polar surface area (TPSA) is 53.6 Å². The maximum absolute atomic E-state index is 12.0. The molecule has 1 aliphatic rings. The van der Waals surface area contributed by atoms with Crippen molar-refractivity contribution in [3.05, 3.63) is 46.7 Å². The van der Waals surface area contributed by atoms with Gasteiger partial charge in [0, 0.05) is 29.7 Å². The summed E-state index contributed by atoms with van der Waals surface area (Å²) < 4.78 is 5.19. The molecule has 24 heavy (non-hydrogen) atoms. The molecule has 0 bridgehead atoms. The number of rotatable bonds is 5. The van der Waals surface area contributed by atoms with Gasteiger partial charge in [0.25, 0.3) is 0 Å². The molecule has 3 rings (SSSR count). The van der Waals surface area contributed by atoms with Gasteiger partial charge in [-0.05, 0) is 48.6 Å². The number of urea groups is 1. The highest BCUT2D eigenvalue weighted by atomic mass is 32.1. The third-order valence-electron chi connectivity index (χ3n) is 4.27. The van der Waals surface area contributed by atoms with Crippen molar-refractivity contribution in [2.24, 2.45) is 0 Å². The van der Waals surface area contributed by atoms with Crippen molar-refractivity contribution in [1.29, 1.82) is 0 Å². The molecule has 1 fully saturated rings. The van der Waals surface area contributed by atoms with Crippen LogP contribution in [0.3, 0.4) is 0 Å². The number of nitrogens with one attached hydrogen (secondary N) is 2. The number of thiophene rings is 1. The second-order valence-corrected chi connectivity index (χ2v) is 6.90. The molecule has 0 radical (unpaired) electrons. The monoisotopic (exact) mass is 345 g/mol. The van der Waals surface area contributed by atoms with E-state index in [-0.39, 0.29) is 12.1 Å². The van der Waals surface area contributed by atoms with Gasteiger partial charge in [-0.25, -0.2) is 4.79 Å². The van der Waals surface area contributed by atoms with Crippen LogP contribution in [0, 0.1) is 0 Å². The predicted octanol–water partition coefficient (Wildman–Crippen LogP) is 3.22. The molecule has 2 aromatic rings. The number of piperidine rings is 1. The Hall–Kier alpha value is -2.21. The van der Waals surface area contributed by atoms with Crippen LogP contribution < -0.4 is 20.3 Å². The number of methoxy groups -OCH3 is 1. The summed E-state index contributed by atoms with van der Waals surface area (Å²) in [6.07, 6.45) is 1.91. The highest BCUT2D eigenvalue weighted by Crippen LogP contribution is 2.22. The average Bonchev–Trinajstić information content (AvgIpc) is 3.14. The number of hydrogen-bond acceptors (Lipinski definition) is 4. The number of ether oxygens (including phenoxy) is 1. The van der Waals surface area contributed by atoms with Crippen LogP contribution in [-0.4, -0.2) is 32.3 Å². The summed E-state index contributed by atoms with van der Waals surface area (Å²) in [6.45, 7) is 2.48. The first-order valence-corrected chi connectivity index (χ1v) is 9.08. The fourth-order valence-electron chi connectivity index (χ4n) is 2.89. The third kappa shape index (κ3) is 4.41. The minimum absolute atomic E-state index is 0.0775. The van der Waals surface area contributed by atoms with Gasteiger partial charge < -0.3 is 20.3 Å². The molecule has 1 aromatic heterocycles. The summed E-state index contributed by atoms with van der Waals surface area (Å²) in [4.78, 5) is 15.5. The first-order chi connectivity index (χ1) is 11.7. The van der Waals surface area contributed by atoms with E-state index in [4.69, 9.17) is 4.74 Å². The number of anilines is 1. The van der Waals surface area contributed by atoms with E-state index in [1.54, 1.807) is 18.4 Å². The Morgan fingerprint density at radius 1 is 1.25 bits per heavy atom. The highest BCUT2D eigenvalue weighted by Gasteiger charge is 2.20. The van der Waals surface area contributed by atoms with Crippen LogP contribution in [0.15, 0.2) is 41.8 Å². The molecule has 0 aliphatic carbocycles. The molecule has 1 aromatic carbocycles. The number of nitrogens with zero attached hydrogens (tertiary/aromatic N) is 1. The van der Waals surface area contributed by atoms with Crippen LogP contribution in [0.25, 0.3) is 0 Å². The van der Waals surface area contributed by atoms with Crippen molar-refractivity contribution in [3.8, 4) is 5.75 Å². The summed E-state index contributed by atoms with van der Waals surface area (Å²) in [5.74, 6) is 0.873. The predicted molar refractivity (Wildman–Crippen MR) is 97.9 cm³/mol. The van der Waals surface area contributed by atoms with Gasteiger partial charge in [0.15, 0.2) is 0 Å². The lowest BCUT2D eigenvalue weighted by atomic mass is 10.0. The number of carbonyl (C=O) groups is 1. The molecule has 0 spiro atoms. The van der Waals surface area contributed by atoms with Gasteiger partial charge >= 0.3 is 6.03 Å². The summed E-state index contributed by atoms with van der Waals surface area (Å²) in [6, 6.07) is 12.3. The average molecular weight is 345 g/mol. The largest absolute Gasteiger partial charge is 0.497 e. The van der Waals surface area contributed by atoms with Crippen molar-refractivity contribution < 1.29 is 9.53 Å². The van der Waals surface area contributed by atoms with Gasteiger partial charge in [0.05, 0.1) is 13.7 Å². The molecule has 2 N–H and O–H groups in total. The van der Waals surface area contributed by atoms with Crippen molar-refractivity contribution in [1.82, 2.24) is 10.6 Å². The van der Waals surface area contributed by atoms with E-state index < -0.39 is 0 Å². The molecule has 2 heterocycles. The Labute approximate surface area is 146 Å². The Bertz CT molecular complexity index is 635. The highest BCUT2D eigenvalue weighted by molar-refractivity contribution is 7.09. The summed E-state index contributed by atoms with van der Waals surface area (Å²) in [7, 11) is 1.68. The fourth-order valence-corrected chi connectivity index (χ4v) is 3.54. The molecule has 5 nitrogen and oxygen atoms in total. The van der Waals surface area contributed by atoms with Crippen LogP contribution in [0.1, 0.15) is 17.7 Å². The normalized spacial score (nSPS) is 15.1. The number of carbonyl (C=O) groups excluding carboxylic acids is 1. The van der Waals surface area contributed by atoms with Crippen molar-refractivity contribution >= 4 is 23.1 Å². The second-order valence-electron chi connectivity index (χ2n) is 5.87. The maximum Gasteiger partial charge on any atom is 0.315 e. The minimum atomic E-state index is -0.0775. The molecular weight excluding hydrogens is 322 g/mol. The van der Waals surface area contributed by atoms with Gasteiger partial charge in [-0.1, -0.05) is 6.07 Å². The zero-order valence-electron chi connectivity index (χ0n) is 13.8. The smallest absolute Gasteiger partial charge is 0.315 e. The first-order valence-electron chi connectivity index (χ1n) is 8.20. The van der Waals surface area contributed by atoms with E-state index in [0.717, 1.165) is 31.7 Å². The van der Waals surface area contributed by atoms with Crippen LogP contribution in [0.2, 0.25) is 0 Å². The maximum atomic E-state index is 12.0. The molecule has 1 aliphatic heterocycles. The number of hydrogen-bond donors (Lipinski definition) is 2. The Kier molecular flexibility index (Phi) is 5.59. The van der Waals surface area contributed by atoms with Gasteiger partial charge in [-0.15, -0.1) is 11.3 Å². The first kappa shape index (κ1) is 16.6. The van der Waals surface area contributed by atoms with E-state index in [9.17, 15) is 4.79 Å². The van der Waals surface area contributed by atoms with Crippen LogP contribution in [0.4, 0.5) is 10.5 Å².